The van der Waals surface area contributed by atoms with E-state index in [0.29, 0.717) is 24.6 Å². The van der Waals surface area contributed by atoms with E-state index in [-0.39, 0.29) is 30.6 Å². The molecule has 4 nitrogen and oxygen atoms in total. The fourth-order valence-electron chi connectivity index (χ4n) is 2.30. The van der Waals surface area contributed by atoms with E-state index in [4.69, 9.17) is 4.74 Å². The molecule has 8 heteroatoms. The maximum Gasteiger partial charge on any atom is 0.411 e. The molecular weight excluding hydrogens is 470 g/mol. The lowest BCUT2D eigenvalue weighted by Gasteiger charge is -2.13. The summed E-state index contributed by atoms with van der Waals surface area (Å²) >= 11 is 0. The van der Waals surface area contributed by atoms with Gasteiger partial charge in [-0.2, -0.15) is 13.2 Å². The predicted octanol–water partition coefficient (Wildman–Crippen LogP) is 4.25. The zero-order valence-electron chi connectivity index (χ0n) is 14.9. The topological polar surface area (TPSA) is 45.7 Å². The van der Waals surface area contributed by atoms with Crippen molar-refractivity contribution in [1.82, 2.24) is 10.6 Å². The van der Waals surface area contributed by atoms with E-state index in [0.717, 1.165) is 11.1 Å². The number of hydrogen-bond donors (Lipinski definition) is 2. The molecule has 2 aromatic rings. The first kappa shape index (κ1) is 23.2. The van der Waals surface area contributed by atoms with Gasteiger partial charge in [0.25, 0.3) is 0 Å². The van der Waals surface area contributed by atoms with Crippen LogP contribution in [0, 0.1) is 0 Å². The summed E-state index contributed by atoms with van der Waals surface area (Å²) in [5.74, 6) is 0.646. The van der Waals surface area contributed by atoms with E-state index in [1.54, 1.807) is 19.2 Å². The van der Waals surface area contributed by atoms with Crippen LogP contribution in [0.25, 0.3) is 0 Å². The molecule has 148 valence electrons. The van der Waals surface area contributed by atoms with Crippen molar-refractivity contribution >= 4 is 29.9 Å². The van der Waals surface area contributed by atoms with Crippen molar-refractivity contribution in [1.29, 1.82) is 0 Å². The summed E-state index contributed by atoms with van der Waals surface area (Å²) in [5.41, 5.74) is 2.76. The van der Waals surface area contributed by atoms with Crippen molar-refractivity contribution in [2.45, 2.75) is 25.9 Å². The van der Waals surface area contributed by atoms with Gasteiger partial charge in [-0.05, 0) is 16.7 Å². The second-order valence-electron chi connectivity index (χ2n) is 5.69. The highest BCUT2D eigenvalue weighted by Crippen LogP contribution is 2.16. The van der Waals surface area contributed by atoms with Gasteiger partial charge in [0.05, 0.1) is 6.61 Å². The van der Waals surface area contributed by atoms with Crippen molar-refractivity contribution in [3.63, 3.8) is 0 Å². The molecule has 0 atom stereocenters. The zero-order valence-corrected chi connectivity index (χ0v) is 17.3. The molecule has 0 fully saturated rings. The number of halogens is 4. The third kappa shape index (κ3) is 9.62. The van der Waals surface area contributed by atoms with Crippen molar-refractivity contribution in [2.24, 2.45) is 4.99 Å². The smallest absolute Gasteiger partial charge is 0.367 e. The average Bonchev–Trinajstić information content (AvgIpc) is 2.62. The first-order chi connectivity index (χ1) is 12.5. The van der Waals surface area contributed by atoms with E-state index in [1.807, 2.05) is 42.5 Å². The number of guanidine groups is 1. The van der Waals surface area contributed by atoms with Crippen LogP contribution in [0.5, 0.6) is 0 Å². The number of aliphatic imine (C=N–C) groups is 1. The molecule has 27 heavy (non-hydrogen) atoms. The molecule has 0 radical (unpaired) electrons. The molecular formula is C19H23F3IN3O. The Hall–Kier alpha value is -1.81. The molecule has 0 unspecified atom stereocenters. The quantitative estimate of drug-likeness (QED) is 0.345. The lowest BCUT2D eigenvalue weighted by atomic mass is 10.1. The fraction of sp³-hybridized carbons (Fsp3) is 0.316. The molecule has 0 bridgehead atoms. The van der Waals surface area contributed by atoms with Gasteiger partial charge in [0, 0.05) is 20.1 Å². The van der Waals surface area contributed by atoms with Crippen LogP contribution in [0.2, 0.25) is 0 Å². The van der Waals surface area contributed by atoms with Gasteiger partial charge in [-0.1, -0.05) is 54.6 Å². The normalized spacial score (nSPS) is 11.6. The number of rotatable bonds is 7. The van der Waals surface area contributed by atoms with Gasteiger partial charge in [0.2, 0.25) is 0 Å². The highest BCUT2D eigenvalue weighted by atomic mass is 127. The van der Waals surface area contributed by atoms with Crippen LogP contribution < -0.4 is 10.6 Å². The summed E-state index contributed by atoms with van der Waals surface area (Å²) in [6.07, 6.45) is -4.31. The Kier molecular flexibility index (Phi) is 10.2. The summed E-state index contributed by atoms with van der Waals surface area (Å²) in [5, 5.41) is 6.39. The Balaban J connectivity index is 0.00000364. The standard InChI is InChI=1S/C19H22F3N3O.HI/c1-23-18(24-11-15-6-3-2-4-7-15)25-12-16-8-5-9-17(10-16)13-26-14-19(20,21)22;/h2-10H,11-14H2,1H3,(H2,23,24,25);1H. The summed E-state index contributed by atoms with van der Waals surface area (Å²) in [7, 11) is 1.68. The molecule has 2 aromatic carbocycles. The highest BCUT2D eigenvalue weighted by Gasteiger charge is 2.27. The molecule has 0 spiro atoms. The number of alkyl halides is 3. The summed E-state index contributed by atoms with van der Waals surface area (Å²) in [4.78, 5) is 4.16. The Morgan fingerprint density at radius 1 is 0.926 bits per heavy atom. The van der Waals surface area contributed by atoms with Gasteiger partial charge >= 0.3 is 6.18 Å². The van der Waals surface area contributed by atoms with Crippen molar-refractivity contribution in [3.8, 4) is 0 Å². The molecule has 2 N–H and O–H groups in total. The Morgan fingerprint density at radius 3 is 2.15 bits per heavy atom. The van der Waals surface area contributed by atoms with Crippen molar-refractivity contribution in [3.05, 3.63) is 71.3 Å². The maximum absolute atomic E-state index is 12.1. The van der Waals surface area contributed by atoms with Gasteiger partial charge in [-0.15, -0.1) is 24.0 Å². The minimum Gasteiger partial charge on any atom is -0.367 e. The van der Waals surface area contributed by atoms with E-state index in [1.165, 1.54) is 0 Å². The van der Waals surface area contributed by atoms with E-state index in [2.05, 4.69) is 15.6 Å². The second kappa shape index (κ2) is 11.8. The summed E-state index contributed by atoms with van der Waals surface area (Å²) in [6.45, 7) is -0.173. The van der Waals surface area contributed by atoms with Crippen LogP contribution in [0.15, 0.2) is 59.6 Å². The van der Waals surface area contributed by atoms with E-state index < -0.39 is 12.8 Å². The Morgan fingerprint density at radius 2 is 1.52 bits per heavy atom. The van der Waals surface area contributed by atoms with Gasteiger partial charge in [0.1, 0.15) is 6.61 Å². The van der Waals surface area contributed by atoms with Crippen LogP contribution in [0.3, 0.4) is 0 Å². The van der Waals surface area contributed by atoms with E-state index >= 15 is 0 Å². The lowest BCUT2D eigenvalue weighted by molar-refractivity contribution is -0.176. The SMILES string of the molecule is CN=C(NCc1ccccc1)NCc1cccc(COCC(F)(F)F)c1.I. The molecule has 0 aliphatic rings. The molecule has 0 aliphatic carbocycles. The monoisotopic (exact) mass is 493 g/mol. The first-order valence-corrected chi connectivity index (χ1v) is 8.17. The fourth-order valence-corrected chi connectivity index (χ4v) is 2.30. The van der Waals surface area contributed by atoms with Crippen LogP contribution in [0.4, 0.5) is 13.2 Å². The van der Waals surface area contributed by atoms with Crippen LogP contribution in [-0.4, -0.2) is 25.8 Å². The highest BCUT2D eigenvalue weighted by molar-refractivity contribution is 14.0. The zero-order chi connectivity index (χ0) is 18.8. The van der Waals surface area contributed by atoms with Gasteiger partial charge in [-0.3, -0.25) is 4.99 Å². The molecule has 0 amide bonds. The molecule has 0 aliphatic heterocycles. The number of nitrogens with one attached hydrogen (secondary N) is 2. The van der Waals surface area contributed by atoms with Crippen molar-refractivity contribution < 1.29 is 17.9 Å². The lowest BCUT2D eigenvalue weighted by Crippen LogP contribution is -2.36. The minimum absolute atomic E-state index is 0. The Labute approximate surface area is 174 Å². The van der Waals surface area contributed by atoms with Crippen LogP contribution >= 0.6 is 24.0 Å². The van der Waals surface area contributed by atoms with Gasteiger partial charge < -0.3 is 15.4 Å². The predicted molar refractivity (Wildman–Crippen MR) is 111 cm³/mol. The van der Waals surface area contributed by atoms with Gasteiger partial charge in [-0.25, -0.2) is 0 Å². The average molecular weight is 493 g/mol. The van der Waals surface area contributed by atoms with Crippen LogP contribution in [-0.2, 0) is 24.4 Å². The van der Waals surface area contributed by atoms with Crippen LogP contribution in [0.1, 0.15) is 16.7 Å². The number of nitrogens with zero attached hydrogens (tertiary/aromatic N) is 1. The van der Waals surface area contributed by atoms with E-state index in [9.17, 15) is 13.2 Å². The third-order valence-electron chi connectivity index (χ3n) is 3.51. The number of hydrogen-bond acceptors (Lipinski definition) is 2. The molecule has 2 rings (SSSR count). The second-order valence-corrected chi connectivity index (χ2v) is 5.69. The number of ether oxygens (including phenoxy) is 1. The number of benzene rings is 2. The molecule has 0 heterocycles. The summed E-state index contributed by atoms with van der Waals surface area (Å²) in [6, 6.07) is 17.2. The molecule has 0 saturated heterocycles. The van der Waals surface area contributed by atoms with Gasteiger partial charge in [0.15, 0.2) is 5.96 Å². The summed E-state index contributed by atoms with van der Waals surface area (Å²) < 4.78 is 41.1. The first-order valence-electron chi connectivity index (χ1n) is 8.17. The molecule has 0 aromatic heterocycles. The third-order valence-corrected chi connectivity index (χ3v) is 3.51. The molecule has 0 saturated carbocycles. The Bertz CT molecular complexity index is 709. The maximum atomic E-state index is 12.1. The largest absolute Gasteiger partial charge is 0.411 e. The minimum atomic E-state index is -4.31. The van der Waals surface area contributed by atoms with Crippen molar-refractivity contribution in [2.75, 3.05) is 13.7 Å².